The van der Waals surface area contributed by atoms with Crippen LogP contribution in [0.2, 0.25) is 0 Å². The summed E-state index contributed by atoms with van der Waals surface area (Å²) < 4.78 is 13.4. The smallest absolute Gasteiger partial charge is 0.262 e. The van der Waals surface area contributed by atoms with Crippen LogP contribution < -0.4 is 20.3 Å². The molecule has 31 heavy (non-hydrogen) atoms. The number of benzene rings is 2. The molecule has 0 saturated heterocycles. The monoisotopic (exact) mass is 439 g/mol. The van der Waals surface area contributed by atoms with Crippen LogP contribution in [0.5, 0.6) is 11.5 Å². The number of hydrogen-bond acceptors (Lipinski definition) is 6. The molecule has 0 fully saturated rings. The van der Waals surface area contributed by atoms with Crippen molar-refractivity contribution in [2.75, 3.05) is 12.4 Å². The number of fused-ring (bicyclic) bond motifs is 2. The molecule has 0 aliphatic carbocycles. The van der Waals surface area contributed by atoms with E-state index in [1.54, 1.807) is 16.7 Å². The van der Waals surface area contributed by atoms with Gasteiger partial charge in [-0.1, -0.05) is 43.0 Å². The number of nitrogens with one attached hydrogen (secondary N) is 1. The molecule has 1 N–H and O–H groups in total. The summed E-state index contributed by atoms with van der Waals surface area (Å²) in [5.41, 5.74) is 0.456. The van der Waals surface area contributed by atoms with Crippen molar-refractivity contribution in [2.24, 2.45) is 0 Å². The van der Waals surface area contributed by atoms with Gasteiger partial charge in [0, 0.05) is 6.04 Å². The first-order valence-electron chi connectivity index (χ1n) is 10.4. The largest absolute Gasteiger partial charge is 0.486 e. The van der Waals surface area contributed by atoms with Gasteiger partial charge in [0.2, 0.25) is 5.91 Å². The van der Waals surface area contributed by atoms with Gasteiger partial charge in [0.1, 0.15) is 6.61 Å². The van der Waals surface area contributed by atoms with Gasteiger partial charge in [-0.2, -0.15) is 0 Å². The molecule has 2 heterocycles. The minimum atomic E-state index is -0.344. The number of aromatic nitrogens is 2. The number of amides is 1. The highest BCUT2D eigenvalue weighted by Gasteiger charge is 2.24. The summed E-state index contributed by atoms with van der Waals surface area (Å²) in [7, 11) is 0. The number of ether oxygens (including phenoxy) is 2. The lowest BCUT2D eigenvalue weighted by Crippen LogP contribution is -2.38. The molecular formula is C23H25N3O4S. The van der Waals surface area contributed by atoms with Gasteiger partial charge in [0.15, 0.2) is 22.8 Å². The number of para-hydroxylation sites is 3. The first kappa shape index (κ1) is 21.2. The first-order chi connectivity index (χ1) is 15.0. The topological polar surface area (TPSA) is 82.5 Å². The van der Waals surface area contributed by atoms with Gasteiger partial charge in [-0.05, 0) is 37.6 Å². The molecule has 3 aromatic rings. The molecule has 1 aliphatic rings. The van der Waals surface area contributed by atoms with Crippen LogP contribution in [0.1, 0.15) is 20.3 Å². The van der Waals surface area contributed by atoms with E-state index in [9.17, 15) is 9.59 Å². The Bertz CT molecular complexity index is 1150. The van der Waals surface area contributed by atoms with E-state index >= 15 is 0 Å². The third-order valence-corrected chi connectivity index (χ3v) is 6.11. The second kappa shape index (κ2) is 9.43. The summed E-state index contributed by atoms with van der Waals surface area (Å²) in [5.74, 6) is 1.45. The summed E-state index contributed by atoms with van der Waals surface area (Å²) in [6, 6.07) is 14.8. The molecule has 2 aromatic carbocycles. The Morgan fingerprint density at radius 1 is 1.23 bits per heavy atom. The quantitative estimate of drug-likeness (QED) is 0.450. The van der Waals surface area contributed by atoms with Crippen molar-refractivity contribution in [1.29, 1.82) is 0 Å². The molecule has 1 aliphatic heterocycles. The maximum absolute atomic E-state index is 13.3. The van der Waals surface area contributed by atoms with E-state index < -0.39 is 0 Å². The molecular weight excluding hydrogens is 414 g/mol. The van der Waals surface area contributed by atoms with Crippen LogP contribution in [0.15, 0.2) is 58.5 Å². The van der Waals surface area contributed by atoms with Crippen LogP contribution in [0.4, 0.5) is 0 Å². The van der Waals surface area contributed by atoms with Gasteiger partial charge in [-0.15, -0.1) is 0 Å². The Balaban J connectivity index is 1.60. The minimum Gasteiger partial charge on any atom is -0.486 e. The molecule has 0 radical (unpaired) electrons. The molecule has 8 heteroatoms. The third kappa shape index (κ3) is 4.85. The lowest BCUT2D eigenvalue weighted by molar-refractivity contribution is -0.119. The van der Waals surface area contributed by atoms with Crippen molar-refractivity contribution in [3.05, 3.63) is 58.9 Å². The van der Waals surface area contributed by atoms with Crippen molar-refractivity contribution < 1.29 is 14.3 Å². The van der Waals surface area contributed by atoms with Crippen molar-refractivity contribution in [3.63, 3.8) is 0 Å². The predicted octanol–water partition coefficient (Wildman–Crippen LogP) is 3.24. The lowest BCUT2D eigenvalue weighted by atomic mass is 10.2. The van der Waals surface area contributed by atoms with Gasteiger partial charge < -0.3 is 14.8 Å². The van der Waals surface area contributed by atoms with E-state index in [-0.39, 0.29) is 35.9 Å². The zero-order chi connectivity index (χ0) is 21.8. The van der Waals surface area contributed by atoms with Crippen molar-refractivity contribution in [3.8, 4) is 11.5 Å². The molecule has 0 saturated carbocycles. The number of rotatable bonds is 7. The Morgan fingerprint density at radius 3 is 2.77 bits per heavy atom. The fourth-order valence-corrected chi connectivity index (χ4v) is 4.14. The molecule has 2 unspecified atom stereocenters. The van der Waals surface area contributed by atoms with Gasteiger partial charge in [0.05, 0.1) is 23.2 Å². The van der Waals surface area contributed by atoms with E-state index in [0.717, 1.165) is 6.42 Å². The standard InChI is InChI=1S/C23H25N3O4S/c1-3-15(2)24-21(27)14-31-23-25-18-9-5-4-8-17(18)22(28)26(23)12-16-13-29-19-10-6-7-11-20(19)30-16/h4-11,15-16H,3,12-14H2,1-2H3,(H,24,27). The molecule has 7 nitrogen and oxygen atoms in total. The van der Waals surface area contributed by atoms with Gasteiger partial charge in [-0.3, -0.25) is 14.2 Å². The van der Waals surface area contributed by atoms with Crippen LogP contribution in [0.3, 0.4) is 0 Å². The van der Waals surface area contributed by atoms with Crippen LogP contribution in [-0.4, -0.2) is 40.0 Å². The Kier molecular flexibility index (Phi) is 6.46. The molecule has 2 atom stereocenters. The second-order valence-corrected chi connectivity index (χ2v) is 8.43. The van der Waals surface area contributed by atoms with Crippen LogP contribution in [0.25, 0.3) is 10.9 Å². The van der Waals surface area contributed by atoms with Crippen LogP contribution in [0, 0.1) is 0 Å². The van der Waals surface area contributed by atoms with Crippen molar-refractivity contribution in [2.45, 2.75) is 44.1 Å². The molecule has 1 amide bonds. The summed E-state index contributed by atoms with van der Waals surface area (Å²) >= 11 is 1.25. The van der Waals surface area contributed by atoms with E-state index in [1.165, 1.54) is 11.8 Å². The highest BCUT2D eigenvalue weighted by atomic mass is 32.2. The SMILES string of the molecule is CCC(C)NC(=O)CSc1nc2ccccc2c(=O)n1CC1COc2ccccc2O1. The first-order valence-corrected chi connectivity index (χ1v) is 11.3. The molecule has 0 bridgehead atoms. The molecule has 0 spiro atoms. The van der Waals surface area contributed by atoms with Crippen LogP contribution >= 0.6 is 11.8 Å². The maximum Gasteiger partial charge on any atom is 0.262 e. The summed E-state index contributed by atoms with van der Waals surface area (Å²) in [4.78, 5) is 30.2. The Labute approximate surface area is 184 Å². The van der Waals surface area contributed by atoms with Gasteiger partial charge in [0.25, 0.3) is 5.56 Å². The number of nitrogens with zero attached hydrogens (tertiary/aromatic N) is 2. The number of carbonyl (C=O) groups is 1. The number of thioether (sulfide) groups is 1. The Morgan fingerprint density at radius 2 is 1.97 bits per heavy atom. The average molecular weight is 440 g/mol. The minimum absolute atomic E-state index is 0.0838. The molecule has 4 rings (SSSR count). The normalized spacial score (nSPS) is 16.1. The number of hydrogen-bond donors (Lipinski definition) is 1. The van der Waals surface area contributed by atoms with Crippen LogP contribution in [-0.2, 0) is 11.3 Å². The van der Waals surface area contributed by atoms with E-state index in [4.69, 9.17) is 9.47 Å². The average Bonchev–Trinajstić information content (AvgIpc) is 2.79. The fourth-order valence-electron chi connectivity index (χ4n) is 3.32. The van der Waals surface area contributed by atoms with Gasteiger partial charge in [-0.25, -0.2) is 4.98 Å². The molecule has 162 valence electrons. The molecule has 1 aromatic heterocycles. The van der Waals surface area contributed by atoms with E-state index in [0.29, 0.717) is 34.2 Å². The zero-order valence-electron chi connectivity index (χ0n) is 17.5. The van der Waals surface area contributed by atoms with Gasteiger partial charge >= 0.3 is 0 Å². The lowest BCUT2D eigenvalue weighted by Gasteiger charge is -2.27. The zero-order valence-corrected chi connectivity index (χ0v) is 18.4. The predicted molar refractivity (Wildman–Crippen MR) is 121 cm³/mol. The van der Waals surface area contributed by atoms with E-state index in [1.807, 2.05) is 50.2 Å². The fraction of sp³-hybridized carbons (Fsp3) is 0.348. The van der Waals surface area contributed by atoms with Crippen molar-refractivity contribution >= 4 is 28.6 Å². The summed E-state index contributed by atoms with van der Waals surface area (Å²) in [6.45, 7) is 4.59. The summed E-state index contributed by atoms with van der Waals surface area (Å²) in [5, 5.41) is 3.97. The Hall–Kier alpha value is -3.00. The third-order valence-electron chi connectivity index (χ3n) is 5.13. The maximum atomic E-state index is 13.3. The number of carbonyl (C=O) groups excluding carboxylic acids is 1. The summed E-state index contributed by atoms with van der Waals surface area (Å²) in [6.07, 6.45) is 0.513. The second-order valence-electron chi connectivity index (χ2n) is 7.49. The van der Waals surface area contributed by atoms with E-state index in [2.05, 4.69) is 10.3 Å². The highest BCUT2D eigenvalue weighted by molar-refractivity contribution is 7.99. The van der Waals surface area contributed by atoms with Crippen molar-refractivity contribution in [1.82, 2.24) is 14.9 Å². The highest BCUT2D eigenvalue weighted by Crippen LogP contribution is 2.31.